The zero-order chi connectivity index (χ0) is 11.3. The lowest BCUT2D eigenvalue weighted by Gasteiger charge is -2.09. The summed E-state index contributed by atoms with van der Waals surface area (Å²) in [4.78, 5) is 8.37. The highest BCUT2D eigenvalue weighted by atomic mass is 32.2. The van der Waals surface area contributed by atoms with Crippen LogP contribution in [0.3, 0.4) is 0 Å². The largest absolute Gasteiger partial charge is 0.396 e. The molecule has 0 radical (unpaired) electrons. The highest BCUT2D eigenvalue weighted by molar-refractivity contribution is 7.99. The van der Waals surface area contributed by atoms with Crippen molar-refractivity contribution in [1.29, 1.82) is 0 Å². The Bertz CT molecular complexity index is 321. The van der Waals surface area contributed by atoms with Gasteiger partial charge in [0, 0.05) is 17.9 Å². The Balaban J connectivity index is 2.71. The number of aryl methyl sites for hydroxylation is 1. The number of thioether (sulfide) groups is 1. The quantitative estimate of drug-likeness (QED) is 0.301. The summed E-state index contributed by atoms with van der Waals surface area (Å²) in [6.07, 6.45) is 0.749. The summed E-state index contributed by atoms with van der Waals surface area (Å²) in [5.41, 5.74) is 2.50. The number of hydrogen-bond acceptors (Lipinski definition) is 6. The van der Waals surface area contributed by atoms with Crippen LogP contribution in [0.5, 0.6) is 0 Å². The first-order valence-electron chi connectivity index (χ1n) is 4.75. The van der Waals surface area contributed by atoms with Gasteiger partial charge in [0.05, 0.1) is 0 Å². The molecule has 0 saturated heterocycles. The molecule has 0 spiro atoms. The van der Waals surface area contributed by atoms with Gasteiger partial charge in [-0.2, -0.15) is 0 Å². The van der Waals surface area contributed by atoms with Crippen LogP contribution in [0.1, 0.15) is 19.2 Å². The fraction of sp³-hybridized carbons (Fsp3) is 0.556. The monoisotopic (exact) mass is 228 g/mol. The van der Waals surface area contributed by atoms with E-state index in [0.29, 0.717) is 16.9 Å². The molecule has 1 atom stereocenters. The molecule has 0 fully saturated rings. The maximum atomic E-state index is 8.79. The first-order valence-corrected chi connectivity index (χ1v) is 5.63. The maximum absolute atomic E-state index is 8.79. The van der Waals surface area contributed by atoms with Crippen LogP contribution >= 0.6 is 11.8 Å². The Morgan fingerprint density at radius 3 is 2.93 bits per heavy atom. The van der Waals surface area contributed by atoms with Crippen LogP contribution in [-0.4, -0.2) is 26.9 Å². The lowest BCUT2D eigenvalue weighted by atomic mass is 10.3. The molecule has 6 heteroatoms. The fourth-order valence-corrected chi connectivity index (χ4v) is 2.12. The summed E-state index contributed by atoms with van der Waals surface area (Å²) >= 11 is 1.61. The van der Waals surface area contributed by atoms with Crippen molar-refractivity contribution in [3.8, 4) is 0 Å². The topological polar surface area (TPSA) is 84.1 Å². The van der Waals surface area contributed by atoms with E-state index in [-0.39, 0.29) is 6.61 Å². The number of nitrogens with zero attached hydrogens (tertiary/aromatic N) is 2. The molecule has 1 aromatic rings. The van der Waals surface area contributed by atoms with Crippen LogP contribution in [0, 0.1) is 6.92 Å². The standard InChI is InChI=1S/C9H16N4OS/c1-6(3-4-14)15-9-5-8(13-10)11-7(2)12-9/h5-6,14H,3-4,10H2,1-2H3,(H,11,12,13). The lowest BCUT2D eigenvalue weighted by Crippen LogP contribution is -2.10. The molecule has 1 aromatic heterocycles. The van der Waals surface area contributed by atoms with E-state index in [4.69, 9.17) is 10.9 Å². The molecule has 4 N–H and O–H groups in total. The SMILES string of the molecule is Cc1nc(NN)cc(SC(C)CCO)n1. The molecule has 0 amide bonds. The molecule has 1 unspecified atom stereocenters. The first kappa shape index (κ1) is 12.2. The van der Waals surface area contributed by atoms with E-state index in [9.17, 15) is 0 Å². The van der Waals surface area contributed by atoms with Crippen LogP contribution in [0.4, 0.5) is 5.82 Å². The van der Waals surface area contributed by atoms with E-state index in [0.717, 1.165) is 11.4 Å². The van der Waals surface area contributed by atoms with Crippen molar-refractivity contribution in [3.63, 3.8) is 0 Å². The molecule has 5 nitrogen and oxygen atoms in total. The molecule has 0 aromatic carbocycles. The Labute approximate surface area is 93.5 Å². The van der Waals surface area contributed by atoms with Crippen molar-refractivity contribution >= 4 is 17.6 Å². The molecule has 84 valence electrons. The Kier molecular flexibility index (Phi) is 4.80. The van der Waals surface area contributed by atoms with E-state index < -0.39 is 0 Å². The summed E-state index contributed by atoms with van der Waals surface area (Å²) < 4.78 is 0. The highest BCUT2D eigenvalue weighted by Gasteiger charge is 2.07. The molecule has 15 heavy (non-hydrogen) atoms. The fourth-order valence-electron chi connectivity index (χ4n) is 1.12. The number of nitrogens with one attached hydrogen (secondary N) is 1. The third-order valence-electron chi connectivity index (χ3n) is 1.82. The summed E-state index contributed by atoms with van der Waals surface area (Å²) in [6, 6.07) is 1.80. The number of nitrogen functional groups attached to an aromatic ring is 1. The highest BCUT2D eigenvalue weighted by Crippen LogP contribution is 2.24. The molecule has 0 bridgehead atoms. The van der Waals surface area contributed by atoms with E-state index in [1.165, 1.54) is 0 Å². The predicted octanol–water partition coefficient (Wildman–Crippen LogP) is 0.934. The molecule has 0 aliphatic rings. The minimum Gasteiger partial charge on any atom is -0.396 e. The third kappa shape index (κ3) is 4.03. The Morgan fingerprint density at radius 2 is 2.33 bits per heavy atom. The molecule has 0 aliphatic carbocycles. The minimum absolute atomic E-state index is 0.195. The van der Waals surface area contributed by atoms with E-state index in [2.05, 4.69) is 15.4 Å². The predicted molar refractivity (Wildman–Crippen MR) is 61.6 cm³/mol. The number of aromatic nitrogens is 2. The number of aliphatic hydroxyl groups excluding tert-OH is 1. The van der Waals surface area contributed by atoms with Crippen molar-refractivity contribution in [2.45, 2.75) is 30.5 Å². The number of hydrogen-bond donors (Lipinski definition) is 3. The summed E-state index contributed by atoms with van der Waals surface area (Å²) in [5.74, 6) is 6.58. The maximum Gasteiger partial charge on any atom is 0.144 e. The molecule has 1 rings (SSSR count). The van der Waals surface area contributed by atoms with Crippen molar-refractivity contribution in [3.05, 3.63) is 11.9 Å². The van der Waals surface area contributed by atoms with Gasteiger partial charge < -0.3 is 10.5 Å². The van der Waals surface area contributed by atoms with Gasteiger partial charge in [-0.15, -0.1) is 11.8 Å². The van der Waals surface area contributed by atoms with Crippen LogP contribution in [0.15, 0.2) is 11.1 Å². The first-order chi connectivity index (χ1) is 7.15. The summed E-state index contributed by atoms with van der Waals surface area (Å²) in [5, 5.41) is 9.99. The number of hydrazine groups is 1. The second-order valence-electron chi connectivity index (χ2n) is 3.22. The van der Waals surface area contributed by atoms with Gasteiger partial charge in [-0.25, -0.2) is 15.8 Å². The van der Waals surface area contributed by atoms with Crippen LogP contribution in [0.2, 0.25) is 0 Å². The molecule has 1 heterocycles. The Hall–Kier alpha value is -0.850. The zero-order valence-electron chi connectivity index (χ0n) is 8.90. The number of anilines is 1. The van der Waals surface area contributed by atoms with Crippen LogP contribution in [0.25, 0.3) is 0 Å². The molecule has 0 saturated carbocycles. The van der Waals surface area contributed by atoms with Gasteiger partial charge in [-0.05, 0) is 13.3 Å². The molecular weight excluding hydrogens is 212 g/mol. The molecule has 0 aliphatic heterocycles. The average Bonchev–Trinajstić information content (AvgIpc) is 2.17. The van der Waals surface area contributed by atoms with Gasteiger partial charge in [0.2, 0.25) is 0 Å². The van der Waals surface area contributed by atoms with Crippen LogP contribution in [-0.2, 0) is 0 Å². The van der Waals surface area contributed by atoms with Gasteiger partial charge in [0.15, 0.2) is 0 Å². The van der Waals surface area contributed by atoms with Crippen molar-refractivity contribution in [2.24, 2.45) is 5.84 Å². The summed E-state index contributed by atoms with van der Waals surface area (Å²) in [7, 11) is 0. The zero-order valence-corrected chi connectivity index (χ0v) is 9.71. The van der Waals surface area contributed by atoms with E-state index in [1.807, 2.05) is 13.8 Å². The number of rotatable bonds is 5. The second-order valence-corrected chi connectivity index (χ2v) is 4.68. The van der Waals surface area contributed by atoms with Gasteiger partial charge in [-0.3, -0.25) is 0 Å². The van der Waals surface area contributed by atoms with Gasteiger partial charge >= 0.3 is 0 Å². The number of nitrogens with two attached hydrogens (primary N) is 1. The minimum atomic E-state index is 0.195. The number of aliphatic hydroxyl groups is 1. The smallest absolute Gasteiger partial charge is 0.144 e. The third-order valence-corrected chi connectivity index (χ3v) is 2.91. The van der Waals surface area contributed by atoms with Crippen LogP contribution < -0.4 is 11.3 Å². The van der Waals surface area contributed by atoms with Crippen molar-refractivity contribution in [2.75, 3.05) is 12.0 Å². The second kappa shape index (κ2) is 5.89. The van der Waals surface area contributed by atoms with Gasteiger partial charge in [-0.1, -0.05) is 6.92 Å². The summed E-state index contributed by atoms with van der Waals surface area (Å²) in [6.45, 7) is 4.07. The van der Waals surface area contributed by atoms with Crippen molar-refractivity contribution < 1.29 is 5.11 Å². The van der Waals surface area contributed by atoms with Crippen molar-refractivity contribution in [1.82, 2.24) is 9.97 Å². The van der Waals surface area contributed by atoms with E-state index >= 15 is 0 Å². The van der Waals surface area contributed by atoms with Gasteiger partial charge in [0.1, 0.15) is 16.7 Å². The normalized spacial score (nSPS) is 12.5. The lowest BCUT2D eigenvalue weighted by molar-refractivity contribution is 0.289. The van der Waals surface area contributed by atoms with Gasteiger partial charge in [0.25, 0.3) is 0 Å². The molecular formula is C9H16N4OS. The Morgan fingerprint density at radius 1 is 1.60 bits per heavy atom. The van der Waals surface area contributed by atoms with E-state index in [1.54, 1.807) is 17.8 Å². The average molecular weight is 228 g/mol.